The summed E-state index contributed by atoms with van der Waals surface area (Å²) >= 11 is 4.87. The van der Waals surface area contributed by atoms with Crippen molar-refractivity contribution in [3.05, 3.63) is 61.9 Å². The van der Waals surface area contributed by atoms with E-state index in [-0.39, 0.29) is 24.9 Å². The number of aromatic nitrogens is 1. The summed E-state index contributed by atoms with van der Waals surface area (Å²) in [6, 6.07) is 3.68. The Morgan fingerprint density at radius 2 is 2.31 bits per heavy atom. The van der Waals surface area contributed by atoms with E-state index in [9.17, 15) is 14.3 Å². The summed E-state index contributed by atoms with van der Waals surface area (Å²) < 4.78 is 19.6. The summed E-state index contributed by atoms with van der Waals surface area (Å²) in [4.78, 5) is 24.2. The molecule has 0 bridgehead atoms. The first-order valence-electron chi connectivity index (χ1n) is 9.24. The molecule has 1 fully saturated rings. The molecule has 2 atom stereocenters. The number of hydrogen-bond acceptors (Lipinski definition) is 7. The van der Waals surface area contributed by atoms with Gasteiger partial charge < -0.3 is 14.7 Å². The second kappa shape index (κ2) is 8.33. The van der Waals surface area contributed by atoms with Gasteiger partial charge in [-0.2, -0.15) is 0 Å². The van der Waals surface area contributed by atoms with Crippen LogP contribution in [0.1, 0.15) is 30.0 Å². The quantitative estimate of drug-likeness (QED) is 0.662. The first-order valence-corrected chi connectivity index (χ1v) is 10.9. The number of allylic oxidation sites excluding steroid dienone is 1. The zero-order chi connectivity index (χ0) is 20.5. The van der Waals surface area contributed by atoms with Gasteiger partial charge in [0.1, 0.15) is 11.9 Å². The lowest BCUT2D eigenvalue weighted by molar-refractivity contribution is -0.139. The molecule has 0 spiro atoms. The molecule has 1 unspecified atom stereocenters. The van der Waals surface area contributed by atoms with E-state index in [2.05, 4.69) is 20.9 Å². The highest BCUT2D eigenvalue weighted by Crippen LogP contribution is 2.43. The number of esters is 1. The van der Waals surface area contributed by atoms with Crippen molar-refractivity contribution in [2.45, 2.75) is 19.4 Å². The Bertz CT molecular complexity index is 993. The van der Waals surface area contributed by atoms with Crippen molar-refractivity contribution >= 4 is 39.1 Å². The minimum absolute atomic E-state index is 0.00611. The Morgan fingerprint density at radius 1 is 1.48 bits per heavy atom. The van der Waals surface area contributed by atoms with Crippen LogP contribution in [0.15, 0.2) is 50.5 Å². The summed E-state index contributed by atoms with van der Waals surface area (Å²) in [6.07, 6.45) is 2.24. The number of hydrogen-bond donors (Lipinski definition) is 1. The van der Waals surface area contributed by atoms with Gasteiger partial charge in [0.25, 0.3) is 0 Å². The molecule has 29 heavy (non-hydrogen) atoms. The smallest absolute Gasteiger partial charge is 0.338 e. The van der Waals surface area contributed by atoms with E-state index in [0.717, 1.165) is 10.7 Å². The van der Waals surface area contributed by atoms with Gasteiger partial charge in [-0.25, -0.2) is 14.2 Å². The Labute approximate surface area is 179 Å². The van der Waals surface area contributed by atoms with Gasteiger partial charge in [-0.05, 0) is 31.0 Å². The number of ether oxygens (including phenoxy) is 1. The minimum Gasteiger partial charge on any atom is -0.463 e. The second-order valence-electron chi connectivity index (χ2n) is 6.80. The van der Waals surface area contributed by atoms with Crippen LogP contribution in [0.3, 0.4) is 0 Å². The van der Waals surface area contributed by atoms with Crippen LogP contribution in [-0.2, 0) is 9.53 Å². The number of aliphatic imine (C=N–C) groups is 1. The number of thiazole rings is 1. The molecule has 4 rings (SSSR count). The molecule has 1 aromatic heterocycles. The summed E-state index contributed by atoms with van der Waals surface area (Å²) in [5, 5.41) is 12.3. The highest BCUT2D eigenvalue weighted by molar-refractivity contribution is 9.10. The number of carbonyl (C=O) groups is 1. The molecule has 2 aliphatic rings. The van der Waals surface area contributed by atoms with Crippen molar-refractivity contribution < 1.29 is 19.0 Å². The molecular formula is C20H19BrFN3O3S. The molecule has 0 saturated carbocycles. The second-order valence-corrected chi connectivity index (χ2v) is 8.55. The Balaban J connectivity index is 1.91. The molecule has 9 heteroatoms. The van der Waals surface area contributed by atoms with Crippen LogP contribution in [0, 0.1) is 11.7 Å². The number of amidine groups is 1. The first-order chi connectivity index (χ1) is 14.0. The third-order valence-corrected chi connectivity index (χ3v) is 6.43. The number of nitrogens with zero attached hydrogens (tertiary/aromatic N) is 3. The molecule has 1 saturated heterocycles. The Hall–Kier alpha value is -2.10. The predicted octanol–water partition coefficient (Wildman–Crippen LogP) is 3.68. The fraction of sp³-hybridized carbons (Fsp3) is 0.350. The molecule has 3 heterocycles. The summed E-state index contributed by atoms with van der Waals surface area (Å²) in [7, 11) is 0. The molecule has 1 N–H and O–H groups in total. The normalized spacial score (nSPS) is 21.2. The lowest BCUT2D eigenvalue weighted by Gasteiger charge is -2.32. The van der Waals surface area contributed by atoms with Crippen LogP contribution in [0.25, 0.3) is 0 Å². The SMILES string of the molecule is CCOC(=O)C1=C2CC(CO)CN2C(c2nccs2)=N[C@H]1c1ccc(F)cc1Br. The molecule has 0 radical (unpaired) electrons. The van der Waals surface area contributed by atoms with E-state index >= 15 is 0 Å². The van der Waals surface area contributed by atoms with Crippen molar-refractivity contribution in [2.75, 3.05) is 19.8 Å². The average Bonchev–Trinajstić information content (AvgIpc) is 3.37. The maximum absolute atomic E-state index is 13.7. The van der Waals surface area contributed by atoms with E-state index in [4.69, 9.17) is 9.73 Å². The van der Waals surface area contributed by atoms with Gasteiger partial charge in [0.05, 0.1) is 12.2 Å². The maximum Gasteiger partial charge on any atom is 0.338 e. The number of aliphatic hydroxyl groups is 1. The van der Waals surface area contributed by atoms with E-state index < -0.39 is 12.0 Å². The van der Waals surface area contributed by atoms with Crippen molar-refractivity contribution in [2.24, 2.45) is 10.9 Å². The molecule has 2 aliphatic heterocycles. The third-order valence-electron chi connectivity index (χ3n) is 4.97. The van der Waals surface area contributed by atoms with Crippen molar-refractivity contribution in [3.63, 3.8) is 0 Å². The molecule has 1 aromatic carbocycles. The first kappa shape index (κ1) is 20.2. The van der Waals surface area contributed by atoms with Crippen LogP contribution in [-0.4, -0.2) is 46.6 Å². The number of benzene rings is 1. The zero-order valence-corrected chi connectivity index (χ0v) is 18.0. The topological polar surface area (TPSA) is 75.0 Å². The Morgan fingerprint density at radius 3 is 2.97 bits per heavy atom. The van der Waals surface area contributed by atoms with Crippen molar-refractivity contribution in [3.8, 4) is 0 Å². The highest BCUT2D eigenvalue weighted by Gasteiger charge is 2.42. The Kier molecular flexibility index (Phi) is 5.80. The van der Waals surface area contributed by atoms with Gasteiger partial charge in [-0.3, -0.25) is 4.99 Å². The van der Waals surface area contributed by atoms with Gasteiger partial charge in [0, 0.05) is 40.8 Å². The van der Waals surface area contributed by atoms with Crippen molar-refractivity contribution in [1.82, 2.24) is 9.88 Å². The molecule has 0 aliphatic carbocycles. The summed E-state index contributed by atoms with van der Waals surface area (Å²) in [5.41, 5.74) is 1.88. The molecule has 2 aromatic rings. The van der Waals surface area contributed by atoms with E-state index in [1.807, 2.05) is 10.3 Å². The molecular weight excluding hydrogens is 461 g/mol. The van der Waals surface area contributed by atoms with E-state index in [0.29, 0.717) is 34.4 Å². The number of aliphatic hydroxyl groups excluding tert-OH is 1. The largest absolute Gasteiger partial charge is 0.463 e. The van der Waals surface area contributed by atoms with Gasteiger partial charge in [-0.15, -0.1) is 11.3 Å². The number of rotatable bonds is 5. The van der Waals surface area contributed by atoms with Gasteiger partial charge in [-0.1, -0.05) is 22.0 Å². The number of halogens is 2. The minimum atomic E-state index is -0.661. The maximum atomic E-state index is 13.7. The average molecular weight is 480 g/mol. The molecule has 6 nitrogen and oxygen atoms in total. The summed E-state index contributed by atoms with van der Waals surface area (Å²) in [6.45, 7) is 2.54. The summed E-state index contributed by atoms with van der Waals surface area (Å²) in [5.74, 6) is -0.196. The lowest BCUT2D eigenvalue weighted by Crippen LogP contribution is -2.35. The number of fused-ring (bicyclic) bond motifs is 1. The van der Waals surface area contributed by atoms with Crippen LogP contribution in [0.4, 0.5) is 4.39 Å². The van der Waals surface area contributed by atoms with E-state index in [1.54, 1.807) is 19.2 Å². The van der Waals surface area contributed by atoms with Gasteiger partial charge in [0.2, 0.25) is 0 Å². The van der Waals surface area contributed by atoms with E-state index in [1.165, 1.54) is 23.5 Å². The molecule has 152 valence electrons. The fourth-order valence-electron chi connectivity index (χ4n) is 3.71. The highest BCUT2D eigenvalue weighted by atomic mass is 79.9. The monoisotopic (exact) mass is 479 g/mol. The molecule has 0 amide bonds. The zero-order valence-electron chi connectivity index (χ0n) is 15.6. The van der Waals surface area contributed by atoms with Crippen LogP contribution in [0.2, 0.25) is 0 Å². The van der Waals surface area contributed by atoms with Gasteiger partial charge >= 0.3 is 5.97 Å². The predicted molar refractivity (Wildman–Crippen MR) is 111 cm³/mol. The standard InChI is InChI=1S/C20H19BrFN3O3S/c1-2-28-20(27)16-15-7-11(10-26)9-25(15)18(19-23-5-6-29-19)24-17(16)13-4-3-12(22)8-14(13)21/h3-6,8,11,17,26H,2,7,9-10H2,1H3/t11?,17-/m0/s1. The van der Waals surface area contributed by atoms with Crippen molar-refractivity contribution in [1.29, 1.82) is 0 Å². The lowest BCUT2D eigenvalue weighted by atomic mass is 9.94. The van der Waals surface area contributed by atoms with Crippen LogP contribution >= 0.6 is 27.3 Å². The van der Waals surface area contributed by atoms with Gasteiger partial charge in [0.15, 0.2) is 10.8 Å². The van der Waals surface area contributed by atoms with Crippen LogP contribution < -0.4 is 0 Å². The van der Waals surface area contributed by atoms with Crippen LogP contribution in [0.5, 0.6) is 0 Å². The number of carbonyl (C=O) groups excluding carboxylic acids is 1. The third kappa shape index (κ3) is 3.74. The fourth-order valence-corrected chi connectivity index (χ4v) is 4.92.